The van der Waals surface area contributed by atoms with E-state index in [4.69, 9.17) is 27.9 Å². The van der Waals surface area contributed by atoms with Crippen LogP contribution in [0.25, 0.3) is 22.2 Å². The molecule has 5 heteroatoms. The van der Waals surface area contributed by atoms with Crippen molar-refractivity contribution in [1.29, 1.82) is 0 Å². The number of rotatable bonds is 2. The van der Waals surface area contributed by atoms with Gasteiger partial charge in [0.05, 0.1) is 28.4 Å². The third kappa shape index (κ3) is 2.55. The van der Waals surface area contributed by atoms with Crippen LogP contribution >= 0.6 is 23.2 Å². The summed E-state index contributed by atoms with van der Waals surface area (Å²) in [5.74, 6) is 1.42. The Kier molecular flexibility index (Phi) is 3.70. The van der Waals surface area contributed by atoms with Gasteiger partial charge >= 0.3 is 0 Å². The van der Waals surface area contributed by atoms with Gasteiger partial charge in [-0.1, -0.05) is 35.3 Å². The summed E-state index contributed by atoms with van der Waals surface area (Å²) >= 11 is 12.4. The summed E-state index contributed by atoms with van der Waals surface area (Å²) in [7, 11) is 1.63. The first-order valence-electron chi connectivity index (χ1n) is 6.37. The van der Waals surface area contributed by atoms with Gasteiger partial charge in [-0.25, -0.2) is 9.97 Å². The maximum atomic E-state index is 6.33. The largest absolute Gasteiger partial charge is 0.497 e. The summed E-state index contributed by atoms with van der Waals surface area (Å²) in [4.78, 5) is 8.99. The third-order valence-corrected chi connectivity index (χ3v) is 4.04. The molecule has 0 saturated carbocycles. The summed E-state index contributed by atoms with van der Waals surface area (Å²) in [6.45, 7) is 1.85. The smallest absolute Gasteiger partial charge is 0.126 e. The van der Waals surface area contributed by atoms with Crippen LogP contribution in [0.2, 0.25) is 10.0 Å². The fourth-order valence-corrected chi connectivity index (χ4v) is 2.63. The van der Waals surface area contributed by atoms with Crippen LogP contribution in [0, 0.1) is 6.92 Å². The number of ether oxygens (including phenoxy) is 1. The number of fused-ring (bicyclic) bond motifs is 1. The fourth-order valence-electron chi connectivity index (χ4n) is 2.24. The van der Waals surface area contributed by atoms with E-state index in [9.17, 15) is 0 Å². The molecule has 2 aromatic carbocycles. The van der Waals surface area contributed by atoms with Crippen molar-refractivity contribution in [3.8, 4) is 17.0 Å². The Balaban J connectivity index is 2.37. The Bertz CT molecular complexity index is 834. The van der Waals surface area contributed by atoms with E-state index in [-0.39, 0.29) is 0 Å². The normalized spacial score (nSPS) is 10.9. The molecule has 3 nitrogen and oxygen atoms in total. The molecule has 106 valence electrons. The summed E-state index contributed by atoms with van der Waals surface area (Å²) in [6.07, 6.45) is 0. The van der Waals surface area contributed by atoms with Crippen LogP contribution in [0.15, 0.2) is 36.4 Å². The molecule has 0 fully saturated rings. The molecule has 3 rings (SSSR count). The number of hydrogen-bond acceptors (Lipinski definition) is 3. The average molecular weight is 319 g/mol. The van der Waals surface area contributed by atoms with Crippen LogP contribution in [0.3, 0.4) is 0 Å². The highest BCUT2D eigenvalue weighted by Gasteiger charge is 2.13. The number of aryl methyl sites for hydroxylation is 1. The number of halogens is 2. The molecule has 1 aromatic heterocycles. The average Bonchev–Trinajstić information content (AvgIpc) is 2.49. The highest BCUT2D eigenvalue weighted by Crippen LogP contribution is 2.36. The van der Waals surface area contributed by atoms with E-state index >= 15 is 0 Å². The van der Waals surface area contributed by atoms with Gasteiger partial charge in [-0.05, 0) is 31.2 Å². The number of aromatic nitrogens is 2. The monoisotopic (exact) mass is 318 g/mol. The lowest BCUT2D eigenvalue weighted by molar-refractivity contribution is 0.415. The molecule has 0 bridgehead atoms. The van der Waals surface area contributed by atoms with E-state index in [2.05, 4.69) is 9.97 Å². The van der Waals surface area contributed by atoms with Crippen LogP contribution in [0.5, 0.6) is 5.75 Å². The molecule has 0 amide bonds. The number of methoxy groups -OCH3 is 1. The van der Waals surface area contributed by atoms with Gasteiger partial charge < -0.3 is 4.74 Å². The van der Waals surface area contributed by atoms with Crippen molar-refractivity contribution >= 4 is 34.1 Å². The van der Waals surface area contributed by atoms with Crippen molar-refractivity contribution in [3.05, 3.63) is 52.3 Å². The van der Waals surface area contributed by atoms with Crippen LogP contribution in [-0.4, -0.2) is 17.1 Å². The zero-order valence-electron chi connectivity index (χ0n) is 11.5. The SMILES string of the molecule is COc1ccc2nc(C)nc(-c3cccc(Cl)c3Cl)c2c1. The van der Waals surface area contributed by atoms with Crippen molar-refractivity contribution in [2.45, 2.75) is 6.92 Å². The van der Waals surface area contributed by atoms with Gasteiger partial charge in [0.2, 0.25) is 0 Å². The molecule has 0 aliphatic heterocycles. The molecule has 0 saturated heterocycles. The van der Waals surface area contributed by atoms with E-state index in [0.717, 1.165) is 27.9 Å². The first kappa shape index (κ1) is 14.1. The minimum Gasteiger partial charge on any atom is -0.497 e. The topological polar surface area (TPSA) is 35.0 Å². The van der Waals surface area contributed by atoms with Crippen molar-refractivity contribution < 1.29 is 4.74 Å². The molecule has 0 aliphatic rings. The highest BCUT2D eigenvalue weighted by atomic mass is 35.5. The summed E-state index contributed by atoms with van der Waals surface area (Å²) < 4.78 is 5.28. The van der Waals surface area contributed by atoms with E-state index in [0.29, 0.717) is 15.9 Å². The van der Waals surface area contributed by atoms with Crippen LogP contribution in [0.4, 0.5) is 0 Å². The van der Waals surface area contributed by atoms with Crippen LogP contribution in [0.1, 0.15) is 5.82 Å². The molecule has 0 N–H and O–H groups in total. The second-order valence-electron chi connectivity index (χ2n) is 4.60. The molecule has 0 unspecified atom stereocenters. The molecule has 21 heavy (non-hydrogen) atoms. The molecule has 1 heterocycles. The predicted octanol–water partition coefficient (Wildman–Crippen LogP) is 4.92. The number of nitrogens with zero attached hydrogens (tertiary/aromatic N) is 2. The first-order valence-corrected chi connectivity index (χ1v) is 7.12. The van der Waals surface area contributed by atoms with Gasteiger partial charge in [0, 0.05) is 10.9 Å². The lowest BCUT2D eigenvalue weighted by atomic mass is 10.1. The van der Waals surface area contributed by atoms with Crippen molar-refractivity contribution in [2.75, 3.05) is 7.11 Å². The van der Waals surface area contributed by atoms with Gasteiger partial charge in [-0.15, -0.1) is 0 Å². The summed E-state index contributed by atoms with van der Waals surface area (Å²) in [5.41, 5.74) is 2.38. The fraction of sp³-hybridized carbons (Fsp3) is 0.125. The van der Waals surface area contributed by atoms with Gasteiger partial charge in [-0.2, -0.15) is 0 Å². The second kappa shape index (κ2) is 5.51. The maximum absolute atomic E-state index is 6.33. The third-order valence-electron chi connectivity index (χ3n) is 3.22. The van der Waals surface area contributed by atoms with Gasteiger partial charge in [0.25, 0.3) is 0 Å². The van der Waals surface area contributed by atoms with Crippen LogP contribution < -0.4 is 4.74 Å². The standard InChI is InChI=1S/C16H12Cl2N2O/c1-9-19-14-7-6-10(21-2)8-12(14)16(20-9)11-4-3-5-13(17)15(11)18/h3-8H,1-2H3. The molecule has 0 radical (unpaired) electrons. The predicted molar refractivity (Wildman–Crippen MR) is 86.3 cm³/mol. The molecule has 3 aromatic rings. The van der Waals surface area contributed by atoms with E-state index < -0.39 is 0 Å². The Labute approximate surface area is 132 Å². The quantitative estimate of drug-likeness (QED) is 0.672. The van der Waals surface area contributed by atoms with E-state index in [1.165, 1.54) is 0 Å². The zero-order valence-corrected chi connectivity index (χ0v) is 13.0. The minimum atomic E-state index is 0.487. The molecular formula is C16H12Cl2N2O. The maximum Gasteiger partial charge on any atom is 0.126 e. The Morgan fingerprint density at radius 2 is 1.86 bits per heavy atom. The van der Waals surface area contributed by atoms with Gasteiger partial charge in [0.1, 0.15) is 11.6 Å². The molecular weight excluding hydrogens is 307 g/mol. The Morgan fingerprint density at radius 3 is 2.62 bits per heavy atom. The first-order chi connectivity index (χ1) is 10.1. The lowest BCUT2D eigenvalue weighted by Crippen LogP contribution is -1.95. The molecule has 0 spiro atoms. The van der Waals surface area contributed by atoms with E-state index in [1.807, 2.05) is 37.3 Å². The van der Waals surface area contributed by atoms with E-state index in [1.54, 1.807) is 13.2 Å². The van der Waals surface area contributed by atoms with Crippen molar-refractivity contribution in [3.63, 3.8) is 0 Å². The molecule has 0 atom stereocenters. The zero-order chi connectivity index (χ0) is 15.0. The minimum absolute atomic E-state index is 0.487. The molecule has 0 aliphatic carbocycles. The van der Waals surface area contributed by atoms with Gasteiger partial charge in [-0.3, -0.25) is 0 Å². The number of hydrogen-bond donors (Lipinski definition) is 0. The van der Waals surface area contributed by atoms with Gasteiger partial charge in [0.15, 0.2) is 0 Å². The highest BCUT2D eigenvalue weighted by molar-refractivity contribution is 6.43. The Hall–Kier alpha value is -1.84. The second-order valence-corrected chi connectivity index (χ2v) is 5.39. The number of benzene rings is 2. The lowest BCUT2D eigenvalue weighted by Gasteiger charge is -2.10. The summed E-state index contributed by atoms with van der Waals surface area (Å²) in [5, 5.41) is 1.87. The van der Waals surface area contributed by atoms with Crippen molar-refractivity contribution in [1.82, 2.24) is 9.97 Å². The summed E-state index contributed by atoms with van der Waals surface area (Å²) in [6, 6.07) is 11.2. The van der Waals surface area contributed by atoms with Crippen LogP contribution in [-0.2, 0) is 0 Å². The van der Waals surface area contributed by atoms with Crippen molar-refractivity contribution in [2.24, 2.45) is 0 Å². The Morgan fingerprint density at radius 1 is 1.05 bits per heavy atom.